The van der Waals surface area contributed by atoms with Gasteiger partial charge in [0.25, 0.3) is 0 Å². The predicted molar refractivity (Wildman–Crippen MR) is 102 cm³/mol. The molecule has 1 N–H and O–H groups in total. The SMILES string of the molecule is Cn1nc(C2CCN(C(=O)[C@@H]3C=CCN3)CC2)n(Cc2ccccc2)c1=O. The van der Waals surface area contributed by atoms with Gasteiger partial charge in [-0.3, -0.25) is 14.7 Å². The highest BCUT2D eigenvalue weighted by Gasteiger charge is 2.31. The molecule has 1 saturated heterocycles. The minimum Gasteiger partial charge on any atom is -0.341 e. The molecule has 3 heterocycles. The number of piperidine rings is 1. The van der Waals surface area contributed by atoms with Gasteiger partial charge in [0.15, 0.2) is 0 Å². The van der Waals surface area contributed by atoms with Crippen molar-refractivity contribution in [3.8, 4) is 0 Å². The van der Waals surface area contributed by atoms with Crippen molar-refractivity contribution in [1.82, 2.24) is 24.6 Å². The van der Waals surface area contributed by atoms with E-state index in [9.17, 15) is 9.59 Å². The van der Waals surface area contributed by atoms with Crippen LogP contribution >= 0.6 is 0 Å². The van der Waals surface area contributed by atoms with Gasteiger partial charge in [0.2, 0.25) is 5.91 Å². The highest BCUT2D eigenvalue weighted by molar-refractivity contribution is 5.84. The summed E-state index contributed by atoms with van der Waals surface area (Å²) in [5.74, 6) is 1.17. The molecule has 4 rings (SSSR count). The Balaban J connectivity index is 1.48. The summed E-state index contributed by atoms with van der Waals surface area (Å²) >= 11 is 0. The molecule has 0 unspecified atom stereocenters. The molecule has 1 aromatic carbocycles. The number of rotatable bonds is 4. The monoisotopic (exact) mass is 367 g/mol. The first-order chi connectivity index (χ1) is 13.1. The van der Waals surface area contributed by atoms with Gasteiger partial charge < -0.3 is 4.90 Å². The molecule has 27 heavy (non-hydrogen) atoms. The number of nitrogens with one attached hydrogen (secondary N) is 1. The van der Waals surface area contributed by atoms with E-state index in [0.29, 0.717) is 19.6 Å². The Morgan fingerprint density at radius 2 is 1.96 bits per heavy atom. The van der Waals surface area contributed by atoms with E-state index < -0.39 is 0 Å². The van der Waals surface area contributed by atoms with Crippen molar-refractivity contribution in [2.24, 2.45) is 7.05 Å². The standard InChI is InChI=1S/C20H25N5O2/c1-23-20(27)25(14-15-6-3-2-4-7-15)18(22-23)16-9-12-24(13-10-16)19(26)17-8-5-11-21-17/h2-8,16-17,21H,9-14H2,1H3/t17-/m0/s1. The Labute approximate surface area is 158 Å². The maximum atomic E-state index is 12.6. The number of carbonyl (C=O) groups is 1. The summed E-state index contributed by atoms with van der Waals surface area (Å²) in [5.41, 5.74) is 0.994. The van der Waals surface area contributed by atoms with Gasteiger partial charge in [-0.1, -0.05) is 42.5 Å². The lowest BCUT2D eigenvalue weighted by atomic mass is 9.95. The molecule has 1 atom stereocenters. The zero-order chi connectivity index (χ0) is 18.8. The topological polar surface area (TPSA) is 72.2 Å². The Kier molecular flexibility index (Phi) is 4.94. The Bertz CT molecular complexity index is 891. The van der Waals surface area contributed by atoms with Crippen LogP contribution in [0.25, 0.3) is 0 Å². The van der Waals surface area contributed by atoms with Gasteiger partial charge in [-0.25, -0.2) is 9.48 Å². The van der Waals surface area contributed by atoms with Crippen LogP contribution in [0.4, 0.5) is 0 Å². The average Bonchev–Trinajstić information content (AvgIpc) is 3.33. The summed E-state index contributed by atoms with van der Waals surface area (Å²) in [6.07, 6.45) is 5.58. The van der Waals surface area contributed by atoms with E-state index in [1.807, 2.05) is 47.4 Å². The van der Waals surface area contributed by atoms with Gasteiger partial charge in [0, 0.05) is 32.6 Å². The fourth-order valence-corrected chi connectivity index (χ4v) is 3.93. The number of hydrogen-bond acceptors (Lipinski definition) is 4. The van der Waals surface area contributed by atoms with Gasteiger partial charge in [0.1, 0.15) is 11.9 Å². The quantitative estimate of drug-likeness (QED) is 0.814. The molecule has 7 heteroatoms. The van der Waals surface area contributed by atoms with Crippen LogP contribution in [-0.4, -0.2) is 50.8 Å². The molecule has 0 aliphatic carbocycles. The second kappa shape index (κ2) is 7.52. The highest BCUT2D eigenvalue weighted by atomic mass is 16.2. The molecule has 0 spiro atoms. The number of likely N-dealkylation sites (tertiary alicyclic amines) is 1. The molecule has 0 saturated carbocycles. The van der Waals surface area contributed by atoms with E-state index in [1.54, 1.807) is 11.6 Å². The van der Waals surface area contributed by atoms with Crippen molar-refractivity contribution in [1.29, 1.82) is 0 Å². The van der Waals surface area contributed by atoms with Crippen LogP contribution in [0.3, 0.4) is 0 Å². The number of aryl methyl sites for hydroxylation is 1. The van der Waals surface area contributed by atoms with Crippen LogP contribution in [0.15, 0.2) is 47.3 Å². The lowest BCUT2D eigenvalue weighted by molar-refractivity contribution is -0.133. The summed E-state index contributed by atoms with van der Waals surface area (Å²) in [6.45, 7) is 2.68. The predicted octanol–water partition coefficient (Wildman–Crippen LogP) is 0.864. The first kappa shape index (κ1) is 17.7. The minimum atomic E-state index is -0.187. The third-order valence-electron chi connectivity index (χ3n) is 5.44. The third-order valence-corrected chi connectivity index (χ3v) is 5.44. The van der Waals surface area contributed by atoms with Crippen molar-refractivity contribution < 1.29 is 4.79 Å². The summed E-state index contributed by atoms with van der Waals surface area (Å²) in [5, 5.41) is 7.70. The van der Waals surface area contributed by atoms with Gasteiger partial charge in [-0.05, 0) is 18.4 Å². The van der Waals surface area contributed by atoms with Crippen LogP contribution in [-0.2, 0) is 18.4 Å². The molecular formula is C20H25N5O2. The summed E-state index contributed by atoms with van der Waals surface area (Å²) in [6, 6.07) is 9.78. The van der Waals surface area contributed by atoms with E-state index >= 15 is 0 Å². The van der Waals surface area contributed by atoms with E-state index in [1.165, 1.54) is 4.68 Å². The maximum absolute atomic E-state index is 12.6. The Morgan fingerprint density at radius 3 is 2.63 bits per heavy atom. The first-order valence-electron chi connectivity index (χ1n) is 9.50. The molecule has 1 amide bonds. The third kappa shape index (κ3) is 3.60. The summed E-state index contributed by atoms with van der Waals surface area (Å²) < 4.78 is 3.20. The maximum Gasteiger partial charge on any atom is 0.345 e. The van der Waals surface area contributed by atoms with E-state index in [4.69, 9.17) is 0 Å². The normalized spacial score (nSPS) is 20.3. The fourth-order valence-electron chi connectivity index (χ4n) is 3.93. The van der Waals surface area contributed by atoms with Crippen molar-refractivity contribution in [2.75, 3.05) is 19.6 Å². The van der Waals surface area contributed by atoms with E-state index in [-0.39, 0.29) is 23.6 Å². The molecule has 142 valence electrons. The summed E-state index contributed by atoms with van der Waals surface area (Å²) in [4.78, 5) is 27.0. The van der Waals surface area contributed by atoms with Crippen LogP contribution in [0.1, 0.15) is 30.1 Å². The van der Waals surface area contributed by atoms with Crippen LogP contribution in [0.5, 0.6) is 0 Å². The smallest absolute Gasteiger partial charge is 0.341 e. The number of hydrogen-bond donors (Lipinski definition) is 1. The zero-order valence-corrected chi connectivity index (χ0v) is 15.5. The Hall–Kier alpha value is -2.67. The van der Waals surface area contributed by atoms with Crippen molar-refractivity contribution in [2.45, 2.75) is 31.3 Å². The van der Waals surface area contributed by atoms with Crippen molar-refractivity contribution >= 4 is 5.91 Å². The van der Waals surface area contributed by atoms with Crippen molar-refractivity contribution in [3.63, 3.8) is 0 Å². The number of nitrogens with zero attached hydrogens (tertiary/aromatic N) is 4. The van der Waals surface area contributed by atoms with E-state index in [2.05, 4.69) is 10.4 Å². The van der Waals surface area contributed by atoms with Crippen LogP contribution in [0, 0.1) is 0 Å². The number of aromatic nitrogens is 3. The molecule has 2 aromatic rings. The highest BCUT2D eigenvalue weighted by Crippen LogP contribution is 2.27. The van der Waals surface area contributed by atoms with Gasteiger partial charge in [0.05, 0.1) is 6.54 Å². The fraction of sp³-hybridized carbons (Fsp3) is 0.450. The van der Waals surface area contributed by atoms with Gasteiger partial charge in [-0.15, -0.1) is 0 Å². The minimum absolute atomic E-state index is 0.0901. The molecule has 0 bridgehead atoms. The van der Waals surface area contributed by atoms with Crippen LogP contribution in [0.2, 0.25) is 0 Å². The summed E-state index contributed by atoms with van der Waals surface area (Å²) in [7, 11) is 1.70. The number of benzene rings is 1. The average molecular weight is 367 g/mol. The Morgan fingerprint density at radius 1 is 1.22 bits per heavy atom. The molecular weight excluding hydrogens is 342 g/mol. The largest absolute Gasteiger partial charge is 0.345 e. The van der Waals surface area contributed by atoms with Gasteiger partial charge >= 0.3 is 5.69 Å². The van der Waals surface area contributed by atoms with Crippen LogP contribution < -0.4 is 11.0 Å². The molecule has 1 fully saturated rings. The molecule has 2 aliphatic rings. The molecule has 7 nitrogen and oxygen atoms in total. The second-order valence-electron chi connectivity index (χ2n) is 7.25. The molecule has 0 radical (unpaired) electrons. The lowest BCUT2D eigenvalue weighted by Gasteiger charge is -2.33. The number of amides is 1. The lowest BCUT2D eigenvalue weighted by Crippen LogP contribution is -2.46. The molecule has 1 aromatic heterocycles. The first-order valence-corrected chi connectivity index (χ1v) is 9.50. The molecule has 2 aliphatic heterocycles. The number of carbonyl (C=O) groups excluding carboxylic acids is 1. The second-order valence-corrected chi connectivity index (χ2v) is 7.25. The zero-order valence-electron chi connectivity index (χ0n) is 15.5. The van der Waals surface area contributed by atoms with Gasteiger partial charge in [-0.2, -0.15) is 5.10 Å². The van der Waals surface area contributed by atoms with E-state index in [0.717, 1.165) is 30.8 Å². The van der Waals surface area contributed by atoms with Crippen molar-refractivity contribution in [3.05, 3.63) is 64.4 Å².